The maximum Gasteiger partial charge on any atom is 0.303 e. The van der Waals surface area contributed by atoms with Gasteiger partial charge in [0.2, 0.25) is 0 Å². The van der Waals surface area contributed by atoms with Gasteiger partial charge in [-0.1, -0.05) is 18.3 Å². The van der Waals surface area contributed by atoms with Crippen molar-refractivity contribution in [1.29, 1.82) is 0 Å². The lowest BCUT2D eigenvalue weighted by Gasteiger charge is -2.30. The maximum absolute atomic E-state index is 10.5. The highest BCUT2D eigenvalue weighted by Crippen LogP contribution is 2.30. The van der Waals surface area contributed by atoms with E-state index in [1.807, 2.05) is 0 Å². The van der Waals surface area contributed by atoms with Crippen LogP contribution < -0.4 is 0 Å². The van der Waals surface area contributed by atoms with Crippen LogP contribution in [0.1, 0.15) is 39.0 Å². The van der Waals surface area contributed by atoms with Gasteiger partial charge in [-0.3, -0.25) is 4.79 Å². The fourth-order valence-corrected chi connectivity index (χ4v) is 1.84. The third-order valence-corrected chi connectivity index (χ3v) is 2.72. The topological polar surface area (TPSA) is 35.5 Å². The second-order valence-corrected chi connectivity index (χ2v) is 3.84. The molecule has 0 aromatic rings. The van der Waals surface area contributed by atoms with Crippen molar-refractivity contribution in [2.75, 3.05) is 13.7 Å². The van der Waals surface area contributed by atoms with Crippen LogP contribution in [0.5, 0.6) is 0 Å². The summed E-state index contributed by atoms with van der Waals surface area (Å²) in [5.74, 6) is 5.66. The molecular weight excluding hydrogens is 192 g/mol. The molecule has 0 saturated heterocycles. The minimum absolute atomic E-state index is 0.167. The first-order valence-corrected chi connectivity index (χ1v) is 5.37. The third-order valence-electron chi connectivity index (χ3n) is 2.72. The quantitative estimate of drug-likeness (QED) is 0.516. The molecule has 1 saturated carbocycles. The van der Waals surface area contributed by atoms with Crippen LogP contribution in [-0.4, -0.2) is 25.3 Å². The van der Waals surface area contributed by atoms with Gasteiger partial charge in [-0.15, -0.1) is 0 Å². The second-order valence-electron chi connectivity index (χ2n) is 3.84. The van der Waals surface area contributed by atoms with Gasteiger partial charge in [0, 0.05) is 14.0 Å². The van der Waals surface area contributed by atoms with E-state index in [-0.39, 0.29) is 18.2 Å². The molecule has 0 amide bonds. The lowest BCUT2D eigenvalue weighted by atomic mass is 9.85. The molecule has 0 aliphatic heterocycles. The fraction of sp³-hybridized carbons (Fsp3) is 0.750. The van der Waals surface area contributed by atoms with Crippen molar-refractivity contribution in [1.82, 2.24) is 0 Å². The number of hydrogen-bond donors (Lipinski definition) is 0. The Bertz CT molecular complexity index is 266. The van der Waals surface area contributed by atoms with E-state index >= 15 is 0 Å². The second kappa shape index (κ2) is 5.77. The molecule has 0 N–H and O–H groups in total. The Morgan fingerprint density at radius 1 is 1.33 bits per heavy atom. The van der Waals surface area contributed by atoms with Crippen LogP contribution in [0.4, 0.5) is 0 Å². The molecule has 0 radical (unpaired) electrons. The van der Waals surface area contributed by atoms with Crippen molar-refractivity contribution < 1.29 is 14.3 Å². The summed E-state index contributed by atoms with van der Waals surface area (Å²) >= 11 is 0. The highest BCUT2D eigenvalue weighted by molar-refractivity contribution is 5.66. The summed E-state index contributed by atoms with van der Waals surface area (Å²) in [6.45, 7) is 1.55. The van der Waals surface area contributed by atoms with Crippen molar-refractivity contribution in [3.8, 4) is 11.8 Å². The number of carbonyl (C=O) groups is 1. The number of rotatable bonds is 2. The average molecular weight is 210 g/mol. The number of ether oxygens (including phenoxy) is 2. The van der Waals surface area contributed by atoms with Gasteiger partial charge in [0.05, 0.1) is 0 Å². The Morgan fingerprint density at radius 2 is 2.00 bits per heavy atom. The van der Waals surface area contributed by atoms with Gasteiger partial charge in [-0.2, -0.15) is 0 Å². The van der Waals surface area contributed by atoms with Gasteiger partial charge in [0.1, 0.15) is 5.60 Å². The van der Waals surface area contributed by atoms with Crippen molar-refractivity contribution in [3.63, 3.8) is 0 Å². The zero-order chi connectivity index (χ0) is 11.1. The molecule has 1 fully saturated rings. The molecule has 84 valence electrons. The van der Waals surface area contributed by atoms with Gasteiger partial charge in [-0.05, 0) is 25.7 Å². The molecule has 1 aliphatic rings. The summed E-state index contributed by atoms with van der Waals surface area (Å²) in [5, 5.41) is 0. The van der Waals surface area contributed by atoms with Crippen LogP contribution in [0.25, 0.3) is 0 Å². The van der Waals surface area contributed by atoms with Crippen molar-refractivity contribution in [3.05, 3.63) is 0 Å². The lowest BCUT2D eigenvalue weighted by molar-refractivity contribution is -0.139. The molecular formula is C12H18O3. The number of methoxy groups -OCH3 is 1. The Balaban J connectivity index is 2.47. The van der Waals surface area contributed by atoms with Gasteiger partial charge in [-0.25, -0.2) is 0 Å². The minimum Gasteiger partial charge on any atom is -0.453 e. The molecule has 0 spiro atoms. The lowest BCUT2D eigenvalue weighted by Crippen LogP contribution is -2.32. The molecule has 0 aromatic carbocycles. The van der Waals surface area contributed by atoms with Gasteiger partial charge >= 0.3 is 5.97 Å². The Morgan fingerprint density at radius 3 is 2.53 bits per heavy atom. The molecule has 1 rings (SSSR count). The van der Waals surface area contributed by atoms with E-state index in [0.29, 0.717) is 0 Å². The van der Waals surface area contributed by atoms with Gasteiger partial charge < -0.3 is 9.47 Å². The van der Waals surface area contributed by atoms with Crippen LogP contribution in [0.2, 0.25) is 0 Å². The number of hydrogen-bond acceptors (Lipinski definition) is 3. The molecule has 0 heterocycles. The summed E-state index contributed by atoms with van der Waals surface area (Å²) in [5.41, 5.74) is -0.293. The molecule has 3 heteroatoms. The molecule has 1 aliphatic carbocycles. The van der Waals surface area contributed by atoms with E-state index in [1.165, 1.54) is 13.3 Å². The summed E-state index contributed by atoms with van der Waals surface area (Å²) in [6, 6.07) is 0. The van der Waals surface area contributed by atoms with Crippen LogP contribution in [0.15, 0.2) is 0 Å². The predicted molar refractivity (Wildman–Crippen MR) is 57.2 cm³/mol. The number of esters is 1. The molecule has 0 bridgehead atoms. The largest absolute Gasteiger partial charge is 0.453 e. The van der Waals surface area contributed by atoms with E-state index in [4.69, 9.17) is 9.47 Å². The van der Waals surface area contributed by atoms with E-state index in [9.17, 15) is 4.79 Å². The first-order valence-electron chi connectivity index (χ1n) is 5.37. The predicted octanol–water partition coefficient (Wildman–Crippen LogP) is 1.90. The monoisotopic (exact) mass is 210 g/mol. The molecule has 15 heavy (non-hydrogen) atoms. The van der Waals surface area contributed by atoms with Crippen LogP contribution in [0, 0.1) is 11.8 Å². The van der Waals surface area contributed by atoms with E-state index in [1.54, 1.807) is 7.11 Å². The van der Waals surface area contributed by atoms with Crippen LogP contribution >= 0.6 is 0 Å². The minimum atomic E-state index is -0.293. The molecule has 0 aromatic heterocycles. The summed E-state index contributed by atoms with van der Waals surface area (Å²) in [7, 11) is 1.70. The SMILES string of the molecule is COC1(C#CCOC(C)=O)CCCCC1. The fourth-order valence-electron chi connectivity index (χ4n) is 1.84. The van der Waals surface area contributed by atoms with Gasteiger partial charge in [0.15, 0.2) is 6.61 Å². The van der Waals surface area contributed by atoms with Crippen molar-refractivity contribution in [2.24, 2.45) is 0 Å². The third kappa shape index (κ3) is 3.93. The van der Waals surface area contributed by atoms with E-state index in [0.717, 1.165) is 25.7 Å². The zero-order valence-corrected chi connectivity index (χ0v) is 9.47. The summed E-state index contributed by atoms with van der Waals surface area (Å²) in [4.78, 5) is 10.5. The average Bonchev–Trinajstić information content (AvgIpc) is 2.26. The van der Waals surface area contributed by atoms with Crippen LogP contribution in [0.3, 0.4) is 0 Å². The summed E-state index contributed by atoms with van der Waals surface area (Å²) < 4.78 is 10.2. The smallest absolute Gasteiger partial charge is 0.303 e. The first kappa shape index (κ1) is 12.1. The van der Waals surface area contributed by atoms with E-state index < -0.39 is 0 Å². The normalized spacial score (nSPS) is 18.8. The standard InChI is InChI=1S/C12H18O3/c1-11(13)15-10-6-9-12(14-2)7-4-3-5-8-12/h3-5,7-8,10H2,1-2H3. The van der Waals surface area contributed by atoms with E-state index in [2.05, 4.69) is 11.8 Å². The summed E-state index contributed by atoms with van der Waals surface area (Å²) in [6.07, 6.45) is 5.55. The molecule has 0 unspecified atom stereocenters. The Kier molecular flexibility index (Phi) is 4.64. The number of carbonyl (C=O) groups excluding carboxylic acids is 1. The highest BCUT2D eigenvalue weighted by Gasteiger charge is 2.29. The van der Waals surface area contributed by atoms with Gasteiger partial charge in [0.25, 0.3) is 0 Å². The maximum atomic E-state index is 10.5. The Hall–Kier alpha value is -1.01. The molecule has 0 atom stereocenters. The first-order chi connectivity index (χ1) is 7.18. The van der Waals surface area contributed by atoms with Crippen molar-refractivity contribution >= 4 is 5.97 Å². The Labute approximate surface area is 91.1 Å². The highest BCUT2D eigenvalue weighted by atomic mass is 16.5. The van der Waals surface area contributed by atoms with Crippen molar-refractivity contribution in [2.45, 2.75) is 44.6 Å². The van der Waals surface area contributed by atoms with Crippen LogP contribution in [-0.2, 0) is 14.3 Å². The molecule has 3 nitrogen and oxygen atoms in total. The zero-order valence-electron chi connectivity index (χ0n) is 9.47.